The van der Waals surface area contributed by atoms with E-state index in [1.54, 1.807) is 0 Å². The topological polar surface area (TPSA) is 0 Å². The van der Waals surface area contributed by atoms with Crippen LogP contribution in [0.25, 0.3) is 83.9 Å². The molecule has 8 aromatic rings. The average Bonchev–Trinajstić information content (AvgIpc) is 3.38. The maximum atomic E-state index is 4.15. The van der Waals surface area contributed by atoms with E-state index in [4.69, 9.17) is 0 Å². The van der Waals surface area contributed by atoms with E-state index in [2.05, 4.69) is 184 Å². The van der Waals surface area contributed by atoms with Crippen LogP contribution in [0.2, 0.25) is 0 Å². The molecule has 0 saturated heterocycles. The zero-order chi connectivity index (χ0) is 33.1. The van der Waals surface area contributed by atoms with E-state index < -0.39 is 0 Å². The summed E-state index contributed by atoms with van der Waals surface area (Å²) in [5.74, 6) is 0. The molecular weight excluding hydrogens is 589 g/mol. The summed E-state index contributed by atoms with van der Waals surface area (Å²) in [6.45, 7) is 8.88. The fraction of sp³-hybridized carbons (Fsp3) is 0.0612. The molecule has 232 valence electrons. The van der Waals surface area contributed by atoms with Crippen LogP contribution in [0.5, 0.6) is 0 Å². The molecule has 49 heavy (non-hydrogen) atoms. The van der Waals surface area contributed by atoms with Crippen LogP contribution in [0.4, 0.5) is 0 Å². The van der Waals surface area contributed by atoms with Gasteiger partial charge in [-0.3, -0.25) is 0 Å². The van der Waals surface area contributed by atoms with E-state index in [0.29, 0.717) is 0 Å². The molecule has 0 aliphatic heterocycles. The Balaban J connectivity index is 1.11. The molecule has 0 atom stereocenters. The van der Waals surface area contributed by atoms with Crippen LogP contribution in [0.15, 0.2) is 158 Å². The molecule has 0 N–H and O–H groups in total. The van der Waals surface area contributed by atoms with Crippen molar-refractivity contribution < 1.29 is 0 Å². The molecule has 0 nitrogen and oxygen atoms in total. The van der Waals surface area contributed by atoms with Crippen molar-refractivity contribution in [3.05, 3.63) is 186 Å². The Bertz CT molecular complexity index is 2630. The molecule has 0 radical (unpaired) electrons. The third kappa shape index (κ3) is 4.75. The second kappa shape index (κ2) is 11.3. The van der Waals surface area contributed by atoms with Gasteiger partial charge in [0.15, 0.2) is 0 Å². The van der Waals surface area contributed by atoms with Crippen LogP contribution in [0, 0.1) is 0 Å². The smallest absolute Gasteiger partial charge is 0.0159 e. The molecule has 0 bridgehead atoms. The van der Waals surface area contributed by atoms with Crippen LogP contribution in [-0.2, 0) is 5.41 Å². The highest BCUT2D eigenvalue weighted by Gasteiger charge is 2.35. The first kappa shape index (κ1) is 29.2. The van der Waals surface area contributed by atoms with Crippen molar-refractivity contribution in [1.29, 1.82) is 0 Å². The molecule has 0 aromatic heterocycles. The lowest BCUT2D eigenvalue weighted by molar-refractivity contribution is 0.661. The summed E-state index contributed by atoms with van der Waals surface area (Å²) in [7, 11) is 0. The average molecular weight is 625 g/mol. The molecule has 8 aromatic carbocycles. The minimum absolute atomic E-state index is 0.0995. The van der Waals surface area contributed by atoms with Gasteiger partial charge >= 0.3 is 0 Å². The molecule has 0 saturated carbocycles. The van der Waals surface area contributed by atoms with Gasteiger partial charge in [-0.1, -0.05) is 166 Å². The SMILES string of the molecule is C=Cc1ccc(-c2ccc3c(c2)C(C)(C)c2cc(-c4ccccc4)ccc2-3)cc1C=Cc1cc2ccc3ccccc3c2c2ccccc12. The summed E-state index contributed by atoms with van der Waals surface area (Å²) < 4.78 is 0. The second-order valence-corrected chi connectivity index (χ2v) is 13.8. The minimum atomic E-state index is -0.0995. The van der Waals surface area contributed by atoms with E-state index >= 15 is 0 Å². The van der Waals surface area contributed by atoms with E-state index in [9.17, 15) is 0 Å². The predicted octanol–water partition coefficient (Wildman–Crippen LogP) is 13.6. The second-order valence-electron chi connectivity index (χ2n) is 13.8. The summed E-state index contributed by atoms with van der Waals surface area (Å²) >= 11 is 0. The number of hydrogen-bond acceptors (Lipinski definition) is 0. The van der Waals surface area contributed by atoms with Crippen LogP contribution < -0.4 is 0 Å². The molecule has 1 aliphatic rings. The Morgan fingerprint density at radius 3 is 1.73 bits per heavy atom. The summed E-state index contributed by atoms with van der Waals surface area (Å²) in [4.78, 5) is 0. The number of benzene rings is 8. The quantitative estimate of drug-likeness (QED) is 0.132. The molecule has 0 amide bonds. The van der Waals surface area contributed by atoms with Gasteiger partial charge < -0.3 is 0 Å². The molecule has 0 heterocycles. The monoisotopic (exact) mass is 624 g/mol. The number of rotatable bonds is 5. The summed E-state index contributed by atoms with van der Waals surface area (Å²) in [6, 6.07) is 55.7. The Morgan fingerprint density at radius 2 is 1.00 bits per heavy atom. The molecule has 1 aliphatic carbocycles. The minimum Gasteiger partial charge on any atom is -0.0984 e. The van der Waals surface area contributed by atoms with Crippen molar-refractivity contribution in [3.8, 4) is 33.4 Å². The summed E-state index contributed by atoms with van der Waals surface area (Å²) in [5, 5.41) is 7.68. The lowest BCUT2D eigenvalue weighted by atomic mass is 9.80. The first-order valence-corrected chi connectivity index (χ1v) is 17.1. The Labute approximate surface area is 288 Å². The van der Waals surface area contributed by atoms with Gasteiger partial charge in [0.25, 0.3) is 0 Å². The van der Waals surface area contributed by atoms with Crippen molar-refractivity contribution in [2.75, 3.05) is 0 Å². The number of fused-ring (bicyclic) bond motifs is 8. The van der Waals surface area contributed by atoms with Crippen LogP contribution in [0.1, 0.15) is 41.7 Å². The van der Waals surface area contributed by atoms with Crippen molar-refractivity contribution in [2.45, 2.75) is 19.3 Å². The molecule has 9 rings (SSSR count). The van der Waals surface area contributed by atoms with Crippen molar-refractivity contribution in [2.24, 2.45) is 0 Å². The normalized spacial score (nSPS) is 13.3. The van der Waals surface area contributed by atoms with Crippen LogP contribution in [-0.4, -0.2) is 0 Å². The van der Waals surface area contributed by atoms with Crippen LogP contribution in [0.3, 0.4) is 0 Å². The highest BCUT2D eigenvalue weighted by molar-refractivity contribution is 6.22. The molecule has 0 unspecified atom stereocenters. The lowest BCUT2D eigenvalue weighted by Gasteiger charge is -2.22. The van der Waals surface area contributed by atoms with Gasteiger partial charge in [0.05, 0.1) is 0 Å². The van der Waals surface area contributed by atoms with Gasteiger partial charge in [0.1, 0.15) is 0 Å². The number of hydrogen-bond donors (Lipinski definition) is 0. The first-order chi connectivity index (χ1) is 24.0. The highest BCUT2D eigenvalue weighted by Crippen LogP contribution is 2.50. The van der Waals surface area contributed by atoms with E-state index in [-0.39, 0.29) is 5.41 Å². The van der Waals surface area contributed by atoms with Crippen LogP contribution >= 0.6 is 0 Å². The van der Waals surface area contributed by atoms with Gasteiger partial charge in [-0.15, -0.1) is 0 Å². The third-order valence-electron chi connectivity index (χ3n) is 10.6. The molecular formula is C49H36. The highest BCUT2D eigenvalue weighted by atomic mass is 14.4. The lowest BCUT2D eigenvalue weighted by Crippen LogP contribution is -2.15. The van der Waals surface area contributed by atoms with Crippen molar-refractivity contribution in [3.63, 3.8) is 0 Å². The first-order valence-electron chi connectivity index (χ1n) is 17.1. The maximum absolute atomic E-state index is 4.15. The van der Waals surface area contributed by atoms with Gasteiger partial charge in [0.2, 0.25) is 0 Å². The van der Waals surface area contributed by atoms with Crippen molar-refractivity contribution in [1.82, 2.24) is 0 Å². The third-order valence-corrected chi connectivity index (χ3v) is 10.6. The van der Waals surface area contributed by atoms with Gasteiger partial charge in [-0.05, 0) is 118 Å². The van der Waals surface area contributed by atoms with E-state index in [1.807, 2.05) is 6.08 Å². The molecule has 0 spiro atoms. The van der Waals surface area contributed by atoms with Gasteiger partial charge in [0, 0.05) is 5.41 Å². The fourth-order valence-electron chi connectivity index (χ4n) is 8.04. The zero-order valence-electron chi connectivity index (χ0n) is 27.9. The summed E-state index contributed by atoms with van der Waals surface area (Å²) in [6.07, 6.45) is 6.49. The van der Waals surface area contributed by atoms with E-state index in [0.717, 1.165) is 11.1 Å². The fourth-order valence-corrected chi connectivity index (χ4v) is 8.04. The zero-order valence-corrected chi connectivity index (χ0v) is 27.9. The standard InChI is InChI=1S/C49H36/c1-4-32-18-20-36(38-25-27-44-43-26-24-37(33-12-6-5-7-13-33)30-46(43)49(2,3)47(44)31-38)28-35(32)21-22-39-29-40-23-19-34-14-8-9-16-42(34)48(40)45-17-11-10-15-41(39)45/h4-31H,1H2,2-3H3. The van der Waals surface area contributed by atoms with Gasteiger partial charge in [-0.2, -0.15) is 0 Å². The van der Waals surface area contributed by atoms with E-state index in [1.165, 1.54) is 82.4 Å². The largest absolute Gasteiger partial charge is 0.0984 e. The summed E-state index contributed by atoms with van der Waals surface area (Å²) in [5.41, 5.74) is 13.8. The molecule has 0 fully saturated rings. The predicted molar refractivity (Wildman–Crippen MR) is 213 cm³/mol. The Morgan fingerprint density at radius 1 is 0.429 bits per heavy atom. The Kier molecular flexibility index (Phi) is 6.74. The van der Waals surface area contributed by atoms with Crippen molar-refractivity contribution >= 4 is 50.5 Å². The Hall–Kier alpha value is -5.98. The maximum Gasteiger partial charge on any atom is 0.0159 e. The van der Waals surface area contributed by atoms with Gasteiger partial charge in [-0.25, -0.2) is 0 Å². The molecule has 0 heteroatoms.